The van der Waals surface area contributed by atoms with Crippen LogP contribution in [0.4, 0.5) is 4.39 Å². The third-order valence-electron chi connectivity index (χ3n) is 3.26. The molecular weight excluding hydrogens is 301 g/mol. The van der Waals surface area contributed by atoms with E-state index >= 15 is 0 Å². The molecule has 0 saturated heterocycles. The molecule has 98 valence electrons. The monoisotopic (exact) mass is 315 g/mol. The van der Waals surface area contributed by atoms with E-state index in [1.165, 1.54) is 18.2 Å². The summed E-state index contributed by atoms with van der Waals surface area (Å²) in [4.78, 5) is 13.7. The van der Waals surface area contributed by atoms with Gasteiger partial charge < -0.3 is 10.0 Å². The fourth-order valence-corrected chi connectivity index (χ4v) is 2.55. The van der Waals surface area contributed by atoms with Crippen LogP contribution in [0.3, 0.4) is 0 Å². The molecule has 0 bridgehead atoms. The molecule has 1 N–H and O–H groups in total. The summed E-state index contributed by atoms with van der Waals surface area (Å²) >= 11 is 3.07. The second kappa shape index (κ2) is 5.36. The molecule has 1 aliphatic carbocycles. The molecule has 0 atom stereocenters. The predicted octanol–water partition coefficient (Wildman–Crippen LogP) is 2.43. The fourth-order valence-electron chi connectivity index (χ4n) is 2.17. The van der Waals surface area contributed by atoms with Gasteiger partial charge in [-0.2, -0.15) is 0 Å². The van der Waals surface area contributed by atoms with Crippen molar-refractivity contribution in [1.29, 1.82) is 0 Å². The maximum atomic E-state index is 13.1. The number of hydrogen-bond acceptors (Lipinski definition) is 2. The van der Waals surface area contributed by atoms with Crippen molar-refractivity contribution < 1.29 is 14.3 Å². The Morgan fingerprint density at radius 3 is 2.78 bits per heavy atom. The normalized spacial score (nSPS) is 22.4. The summed E-state index contributed by atoms with van der Waals surface area (Å²) in [5, 5.41) is 9.20. The fraction of sp³-hybridized carbons (Fsp3) is 0.462. The smallest absolute Gasteiger partial charge is 0.253 e. The van der Waals surface area contributed by atoms with Crippen molar-refractivity contribution >= 4 is 21.8 Å². The summed E-state index contributed by atoms with van der Waals surface area (Å²) in [7, 11) is 1.73. The number of nitrogens with zero attached hydrogens (tertiary/aromatic N) is 1. The largest absolute Gasteiger partial charge is 0.393 e. The zero-order valence-corrected chi connectivity index (χ0v) is 11.7. The van der Waals surface area contributed by atoms with Crippen LogP contribution in [0.2, 0.25) is 0 Å². The first-order valence-electron chi connectivity index (χ1n) is 5.86. The first-order valence-corrected chi connectivity index (χ1v) is 6.65. The molecule has 1 aromatic rings. The van der Waals surface area contributed by atoms with Crippen LogP contribution in [-0.4, -0.2) is 35.6 Å². The van der Waals surface area contributed by atoms with Crippen LogP contribution < -0.4 is 0 Å². The Bertz CT molecular complexity index is 460. The third-order valence-corrected chi connectivity index (χ3v) is 3.86. The van der Waals surface area contributed by atoms with E-state index in [4.69, 9.17) is 0 Å². The van der Waals surface area contributed by atoms with E-state index < -0.39 is 0 Å². The van der Waals surface area contributed by atoms with Crippen LogP contribution in [0.1, 0.15) is 23.2 Å². The van der Waals surface area contributed by atoms with Gasteiger partial charge in [-0.15, -0.1) is 0 Å². The van der Waals surface area contributed by atoms with Gasteiger partial charge in [0.1, 0.15) is 5.82 Å². The lowest BCUT2D eigenvalue weighted by Crippen LogP contribution is -2.39. The molecule has 3 nitrogen and oxygen atoms in total. The Morgan fingerprint density at radius 1 is 1.56 bits per heavy atom. The number of amides is 1. The van der Waals surface area contributed by atoms with Gasteiger partial charge in [0.2, 0.25) is 0 Å². The summed E-state index contributed by atoms with van der Waals surface area (Å²) in [5.74, 6) is -0.133. The van der Waals surface area contributed by atoms with Crippen LogP contribution in [-0.2, 0) is 0 Å². The van der Waals surface area contributed by atoms with Gasteiger partial charge in [0.05, 0.1) is 10.6 Å². The van der Waals surface area contributed by atoms with E-state index in [-0.39, 0.29) is 17.8 Å². The first-order chi connectivity index (χ1) is 8.47. The molecule has 1 aromatic carbocycles. The second-order valence-electron chi connectivity index (χ2n) is 4.81. The maximum absolute atomic E-state index is 13.1. The van der Waals surface area contributed by atoms with Crippen LogP contribution in [0, 0.1) is 11.7 Å². The Hall–Kier alpha value is -0.940. The Labute approximate surface area is 114 Å². The van der Waals surface area contributed by atoms with E-state index in [1.54, 1.807) is 11.9 Å². The van der Waals surface area contributed by atoms with Gasteiger partial charge in [0.15, 0.2) is 0 Å². The zero-order valence-electron chi connectivity index (χ0n) is 10.1. The van der Waals surface area contributed by atoms with E-state index in [1.807, 2.05) is 0 Å². The minimum absolute atomic E-state index is 0.128. The number of hydrogen-bond donors (Lipinski definition) is 1. The molecule has 1 amide bonds. The first kappa shape index (κ1) is 13.5. The summed E-state index contributed by atoms with van der Waals surface area (Å²) in [5.41, 5.74) is 0.464. The van der Waals surface area contributed by atoms with Gasteiger partial charge in [-0.05, 0) is 52.9 Å². The summed E-state index contributed by atoms with van der Waals surface area (Å²) in [6.45, 7) is 0.630. The Morgan fingerprint density at radius 2 is 2.22 bits per heavy atom. The molecular formula is C13H15BrFNO2. The lowest BCUT2D eigenvalue weighted by atomic mass is 9.82. The summed E-state index contributed by atoms with van der Waals surface area (Å²) in [6, 6.07) is 4.25. The molecule has 1 aliphatic rings. The number of benzene rings is 1. The molecule has 2 rings (SSSR count). The van der Waals surface area contributed by atoms with Crippen LogP contribution in [0.5, 0.6) is 0 Å². The second-order valence-corrected chi connectivity index (χ2v) is 5.66. The molecule has 18 heavy (non-hydrogen) atoms. The predicted molar refractivity (Wildman–Crippen MR) is 69.8 cm³/mol. The molecule has 0 unspecified atom stereocenters. The van der Waals surface area contributed by atoms with Crippen molar-refractivity contribution in [3.63, 3.8) is 0 Å². The Kier molecular flexibility index (Phi) is 4.02. The molecule has 0 heterocycles. The highest BCUT2D eigenvalue weighted by Gasteiger charge is 2.29. The van der Waals surface area contributed by atoms with Gasteiger partial charge in [-0.1, -0.05) is 0 Å². The quantitative estimate of drug-likeness (QED) is 0.930. The van der Waals surface area contributed by atoms with Gasteiger partial charge in [-0.3, -0.25) is 4.79 Å². The zero-order chi connectivity index (χ0) is 13.3. The van der Waals surface area contributed by atoms with Crippen LogP contribution in [0.25, 0.3) is 0 Å². The highest BCUT2D eigenvalue weighted by molar-refractivity contribution is 9.10. The van der Waals surface area contributed by atoms with E-state index in [9.17, 15) is 14.3 Å². The van der Waals surface area contributed by atoms with Crippen LogP contribution >= 0.6 is 15.9 Å². The van der Waals surface area contributed by atoms with Crippen molar-refractivity contribution in [2.75, 3.05) is 13.6 Å². The summed E-state index contributed by atoms with van der Waals surface area (Å²) in [6.07, 6.45) is 1.30. The van der Waals surface area contributed by atoms with Gasteiger partial charge in [0.25, 0.3) is 5.91 Å². The average Bonchev–Trinajstić information content (AvgIpc) is 2.29. The van der Waals surface area contributed by atoms with Gasteiger partial charge >= 0.3 is 0 Å². The molecule has 1 fully saturated rings. The highest BCUT2D eigenvalue weighted by atomic mass is 79.9. The Balaban J connectivity index is 1.99. The van der Waals surface area contributed by atoms with Gasteiger partial charge in [-0.25, -0.2) is 4.39 Å². The molecule has 5 heteroatoms. The van der Waals surface area contributed by atoms with Crippen LogP contribution in [0.15, 0.2) is 22.7 Å². The van der Waals surface area contributed by atoms with E-state index in [0.29, 0.717) is 22.5 Å². The minimum atomic E-state index is -0.378. The van der Waals surface area contributed by atoms with E-state index in [0.717, 1.165) is 12.8 Å². The standard InChI is InChI=1S/C13H15BrFNO2/c1-16(7-8-4-10(17)5-8)13(18)9-2-3-12(15)11(14)6-9/h2-3,6,8,10,17H,4-5,7H2,1H3. The highest BCUT2D eigenvalue weighted by Crippen LogP contribution is 2.28. The lowest BCUT2D eigenvalue weighted by Gasteiger charge is -2.34. The molecule has 0 aliphatic heterocycles. The topological polar surface area (TPSA) is 40.5 Å². The number of aliphatic hydroxyl groups excluding tert-OH is 1. The lowest BCUT2D eigenvalue weighted by molar-refractivity contribution is 0.0265. The van der Waals surface area contributed by atoms with Crippen molar-refractivity contribution in [3.05, 3.63) is 34.1 Å². The van der Waals surface area contributed by atoms with Crippen molar-refractivity contribution in [1.82, 2.24) is 4.90 Å². The number of carbonyl (C=O) groups excluding carboxylic acids is 1. The number of halogens is 2. The third kappa shape index (κ3) is 2.90. The number of aliphatic hydroxyl groups is 1. The number of rotatable bonds is 3. The molecule has 0 aromatic heterocycles. The average molecular weight is 316 g/mol. The SMILES string of the molecule is CN(CC1CC(O)C1)C(=O)c1ccc(F)c(Br)c1. The maximum Gasteiger partial charge on any atom is 0.253 e. The minimum Gasteiger partial charge on any atom is -0.393 e. The summed E-state index contributed by atoms with van der Waals surface area (Å²) < 4.78 is 13.4. The molecule has 0 spiro atoms. The van der Waals surface area contributed by atoms with Crippen molar-refractivity contribution in [3.8, 4) is 0 Å². The van der Waals surface area contributed by atoms with Crippen molar-refractivity contribution in [2.24, 2.45) is 5.92 Å². The molecule has 0 radical (unpaired) electrons. The number of carbonyl (C=O) groups is 1. The van der Waals surface area contributed by atoms with E-state index in [2.05, 4.69) is 15.9 Å². The molecule has 1 saturated carbocycles. The van der Waals surface area contributed by atoms with Crippen molar-refractivity contribution in [2.45, 2.75) is 18.9 Å². The van der Waals surface area contributed by atoms with Gasteiger partial charge in [0, 0.05) is 19.2 Å².